The van der Waals surface area contributed by atoms with Crippen LogP contribution in [0.4, 0.5) is 18.9 Å². The van der Waals surface area contributed by atoms with Crippen LogP contribution in [0, 0.1) is 0 Å². The van der Waals surface area contributed by atoms with Crippen LogP contribution < -0.4 is 10.2 Å². The Labute approximate surface area is 143 Å². The van der Waals surface area contributed by atoms with Crippen molar-refractivity contribution in [1.29, 1.82) is 0 Å². The number of hydrogen-bond acceptors (Lipinski definition) is 4. The van der Waals surface area contributed by atoms with E-state index in [1.54, 1.807) is 5.32 Å². The zero-order chi connectivity index (χ0) is 18.4. The summed E-state index contributed by atoms with van der Waals surface area (Å²) < 4.78 is 41.5. The molecular weight excluding hydrogens is 339 g/mol. The highest BCUT2D eigenvalue weighted by atomic mass is 19.4. The number of ether oxygens (including phenoxy) is 1. The quantitative estimate of drug-likeness (QED) is 0.820. The average molecular weight is 359 g/mol. The van der Waals surface area contributed by atoms with Crippen LogP contribution in [0.25, 0.3) is 0 Å². The van der Waals surface area contributed by atoms with Crippen molar-refractivity contribution < 1.29 is 27.5 Å². The number of amides is 2. The van der Waals surface area contributed by atoms with Gasteiger partial charge in [-0.3, -0.25) is 9.59 Å². The lowest BCUT2D eigenvalue weighted by atomic mass is 10.1. The molecule has 1 saturated heterocycles. The summed E-state index contributed by atoms with van der Waals surface area (Å²) in [7, 11) is 1.37. The largest absolute Gasteiger partial charge is 0.405 e. The van der Waals surface area contributed by atoms with Crippen molar-refractivity contribution >= 4 is 17.5 Å². The predicted molar refractivity (Wildman–Crippen MR) is 85.0 cm³/mol. The van der Waals surface area contributed by atoms with Gasteiger partial charge in [0.15, 0.2) is 0 Å². The first kappa shape index (κ1) is 19.0. The maximum atomic E-state index is 12.1. The van der Waals surface area contributed by atoms with E-state index in [-0.39, 0.29) is 6.54 Å². The lowest BCUT2D eigenvalue weighted by molar-refractivity contribution is -0.150. The summed E-state index contributed by atoms with van der Waals surface area (Å²) in [5, 5.41) is 1.57. The second kappa shape index (κ2) is 8.19. The van der Waals surface area contributed by atoms with Crippen LogP contribution in [0.5, 0.6) is 0 Å². The maximum Gasteiger partial charge on any atom is 0.405 e. The van der Waals surface area contributed by atoms with Gasteiger partial charge in [0.05, 0.1) is 13.2 Å². The fourth-order valence-electron chi connectivity index (χ4n) is 2.41. The maximum absolute atomic E-state index is 12.1. The van der Waals surface area contributed by atoms with Gasteiger partial charge in [0.1, 0.15) is 6.54 Å². The number of benzene rings is 1. The van der Waals surface area contributed by atoms with Crippen LogP contribution in [0.1, 0.15) is 5.56 Å². The molecular formula is C16H20F3N3O3. The molecule has 1 aliphatic heterocycles. The van der Waals surface area contributed by atoms with Crippen molar-refractivity contribution in [2.75, 3.05) is 44.8 Å². The van der Waals surface area contributed by atoms with Crippen molar-refractivity contribution in [2.45, 2.75) is 12.7 Å². The van der Waals surface area contributed by atoms with E-state index in [0.29, 0.717) is 13.2 Å². The van der Waals surface area contributed by atoms with Gasteiger partial charge in [0.2, 0.25) is 0 Å². The van der Waals surface area contributed by atoms with Gasteiger partial charge in [-0.05, 0) is 17.7 Å². The summed E-state index contributed by atoms with van der Waals surface area (Å²) in [5.74, 6) is -2.29. The van der Waals surface area contributed by atoms with Gasteiger partial charge < -0.3 is 19.9 Å². The molecule has 0 unspecified atom stereocenters. The Balaban J connectivity index is 1.87. The molecule has 0 saturated carbocycles. The van der Waals surface area contributed by atoms with Gasteiger partial charge in [-0.25, -0.2) is 0 Å². The Kier molecular flexibility index (Phi) is 6.24. The number of rotatable bonds is 4. The zero-order valence-electron chi connectivity index (χ0n) is 13.8. The number of carbonyl (C=O) groups excluding carboxylic acids is 2. The number of anilines is 1. The van der Waals surface area contributed by atoms with Gasteiger partial charge in [0.25, 0.3) is 0 Å². The standard InChI is InChI=1S/C16H20F3N3O3/c1-21(15(24)14(23)20-11-16(17,18)19)10-12-2-4-13(5-3-12)22-6-8-25-9-7-22/h2-5H,6-11H2,1H3,(H,20,23). The highest BCUT2D eigenvalue weighted by molar-refractivity contribution is 6.34. The second-order valence-electron chi connectivity index (χ2n) is 5.72. The number of nitrogens with zero attached hydrogens (tertiary/aromatic N) is 2. The molecule has 1 heterocycles. The molecule has 0 aromatic heterocycles. The number of likely N-dealkylation sites (N-methyl/N-ethyl adjacent to an activating group) is 1. The number of morpholine rings is 1. The second-order valence-corrected chi connectivity index (χ2v) is 5.72. The first-order valence-electron chi connectivity index (χ1n) is 7.78. The third-order valence-corrected chi connectivity index (χ3v) is 3.72. The molecule has 25 heavy (non-hydrogen) atoms. The highest BCUT2D eigenvalue weighted by Gasteiger charge is 2.30. The van der Waals surface area contributed by atoms with Crippen molar-refractivity contribution in [1.82, 2.24) is 10.2 Å². The van der Waals surface area contributed by atoms with Crippen LogP contribution in [0.3, 0.4) is 0 Å². The van der Waals surface area contributed by atoms with Crippen LogP contribution in [0.2, 0.25) is 0 Å². The van der Waals surface area contributed by atoms with E-state index in [0.717, 1.165) is 29.2 Å². The summed E-state index contributed by atoms with van der Waals surface area (Å²) in [5.41, 5.74) is 1.81. The van der Waals surface area contributed by atoms with Crippen molar-refractivity contribution in [3.05, 3.63) is 29.8 Å². The Morgan fingerprint density at radius 2 is 1.80 bits per heavy atom. The van der Waals surface area contributed by atoms with Crippen molar-refractivity contribution in [3.63, 3.8) is 0 Å². The topological polar surface area (TPSA) is 61.9 Å². The minimum Gasteiger partial charge on any atom is -0.378 e. The minimum absolute atomic E-state index is 0.127. The molecule has 9 heteroatoms. The van der Waals surface area contributed by atoms with E-state index in [4.69, 9.17) is 4.74 Å². The Hall–Kier alpha value is -2.29. The molecule has 0 bridgehead atoms. The number of alkyl halides is 3. The normalized spacial score (nSPS) is 15.0. The highest BCUT2D eigenvalue weighted by Crippen LogP contribution is 2.17. The SMILES string of the molecule is CN(Cc1ccc(N2CCOCC2)cc1)C(=O)C(=O)NCC(F)(F)F. The van der Waals surface area contributed by atoms with Crippen LogP contribution in [0.15, 0.2) is 24.3 Å². The van der Waals surface area contributed by atoms with E-state index in [1.165, 1.54) is 7.05 Å². The minimum atomic E-state index is -4.55. The lowest BCUT2D eigenvalue weighted by Crippen LogP contribution is -2.44. The Morgan fingerprint density at radius 3 is 2.36 bits per heavy atom. The molecule has 2 rings (SSSR count). The molecule has 138 valence electrons. The molecule has 1 aliphatic rings. The van der Waals surface area contributed by atoms with E-state index < -0.39 is 24.5 Å². The van der Waals surface area contributed by atoms with Crippen LogP contribution in [-0.2, 0) is 20.9 Å². The van der Waals surface area contributed by atoms with Crippen LogP contribution in [-0.4, -0.2) is 62.8 Å². The lowest BCUT2D eigenvalue weighted by Gasteiger charge is -2.29. The smallest absolute Gasteiger partial charge is 0.378 e. The summed E-state index contributed by atoms with van der Waals surface area (Å²) in [6, 6.07) is 7.45. The third-order valence-electron chi connectivity index (χ3n) is 3.72. The van der Waals surface area contributed by atoms with Crippen molar-refractivity contribution in [2.24, 2.45) is 0 Å². The van der Waals surface area contributed by atoms with Crippen molar-refractivity contribution in [3.8, 4) is 0 Å². The number of hydrogen-bond donors (Lipinski definition) is 1. The van der Waals surface area contributed by atoms with E-state index in [2.05, 4.69) is 4.90 Å². The van der Waals surface area contributed by atoms with Gasteiger partial charge in [-0.15, -0.1) is 0 Å². The first-order valence-corrected chi connectivity index (χ1v) is 7.78. The first-order chi connectivity index (χ1) is 11.8. The molecule has 6 nitrogen and oxygen atoms in total. The third kappa shape index (κ3) is 5.93. The molecule has 0 radical (unpaired) electrons. The Bertz CT molecular complexity index is 599. The zero-order valence-corrected chi connectivity index (χ0v) is 13.8. The van der Waals surface area contributed by atoms with Gasteiger partial charge in [-0.1, -0.05) is 12.1 Å². The van der Waals surface area contributed by atoms with Gasteiger partial charge >= 0.3 is 18.0 Å². The van der Waals surface area contributed by atoms with Crippen LogP contribution >= 0.6 is 0 Å². The van der Waals surface area contributed by atoms with Gasteiger partial charge in [0, 0.05) is 32.4 Å². The monoisotopic (exact) mass is 359 g/mol. The molecule has 0 spiro atoms. The summed E-state index contributed by atoms with van der Waals surface area (Å²) in [6.07, 6.45) is -4.55. The molecule has 2 amide bonds. The van der Waals surface area contributed by atoms with E-state index in [1.807, 2.05) is 24.3 Å². The van der Waals surface area contributed by atoms with Gasteiger partial charge in [-0.2, -0.15) is 13.2 Å². The number of nitrogens with one attached hydrogen (secondary N) is 1. The molecule has 1 N–H and O–H groups in total. The average Bonchev–Trinajstić information content (AvgIpc) is 2.59. The Morgan fingerprint density at radius 1 is 1.20 bits per heavy atom. The molecule has 1 aromatic carbocycles. The fourth-order valence-corrected chi connectivity index (χ4v) is 2.41. The summed E-state index contributed by atoms with van der Waals surface area (Å²) in [4.78, 5) is 26.5. The number of carbonyl (C=O) groups is 2. The van der Waals surface area contributed by atoms with E-state index >= 15 is 0 Å². The predicted octanol–water partition coefficient (Wildman–Crippen LogP) is 1.16. The van der Waals surface area contributed by atoms with E-state index in [9.17, 15) is 22.8 Å². The fraction of sp³-hybridized carbons (Fsp3) is 0.500. The molecule has 1 fully saturated rings. The molecule has 1 aromatic rings. The molecule has 0 aliphatic carbocycles. The summed E-state index contributed by atoms with van der Waals surface area (Å²) in [6.45, 7) is 1.55. The molecule has 0 atom stereocenters. The number of halogens is 3. The summed E-state index contributed by atoms with van der Waals surface area (Å²) >= 11 is 0.